The highest BCUT2D eigenvalue weighted by molar-refractivity contribution is 5.78. The number of fused-ring (bicyclic) bond motifs is 1. The van der Waals surface area contributed by atoms with Gasteiger partial charge in [0, 0.05) is 38.3 Å². The Hall–Kier alpha value is -3.15. The Bertz CT molecular complexity index is 1350. The highest BCUT2D eigenvalue weighted by atomic mass is 19.3. The number of rotatable bonds is 11. The molecule has 1 aromatic carbocycles. The Morgan fingerprint density at radius 2 is 1.90 bits per heavy atom. The number of para-hydroxylation sites is 2. The summed E-state index contributed by atoms with van der Waals surface area (Å²) >= 11 is 0. The number of nitrogens with one attached hydrogen (secondary N) is 1. The fraction of sp³-hybridized carbons (Fsp3) is 0.581. The van der Waals surface area contributed by atoms with Crippen molar-refractivity contribution in [2.75, 3.05) is 49.6 Å². The van der Waals surface area contributed by atoms with E-state index >= 15 is 0 Å². The molecule has 0 radical (unpaired) electrons. The molecule has 3 aromatic rings. The highest BCUT2D eigenvalue weighted by Crippen LogP contribution is 2.31. The van der Waals surface area contributed by atoms with Crippen molar-refractivity contribution in [2.45, 2.75) is 70.6 Å². The van der Waals surface area contributed by atoms with Crippen molar-refractivity contribution in [3.8, 4) is 5.82 Å². The summed E-state index contributed by atoms with van der Waals surface area (Å²) in [6, 6.07) is 9.38. The van der Waals surface area contributed by atoms with Crippen LogP contribution in [0.2, 0.25) is 0 Å². The molecular formula is C31H43F2N7O2. The SMILES string of the molecule is C=CCN(CC(C)(C)O)[C@H]1CC[C@H](CNc2nc(N3CCOC[C@@H]3C)cc(-n3c(C(F)F)nc4ccccc43)n2)CC1. The van der Waals surface area contributed by atoms with Gasteiger partial charge in [0.1, 0.15) is 11.6 Å². The molecule has 1 saturated carbocycles. The Morgan fingerprint density at radius 3 is 2.60 bits per heavy atom. The molecule has 1 saturated heterocycles. The van der Waals surface area contributed by atoms with Gasteiger partial charge >= 0.3 is 0 Å². The summed E-state index contributed by atoms with van der Waals surface area (Å²) in [6.07, 6.45) is 3.28. The maximum Gasteiger partial charge on any atom is 0.296 e. The number of morpholine rings is 1. The van der Waals surface area contributed by atoms with Gasteiger partial charge in [-0.2, -0.15) is 9.97 Å². The monoisotopic (exact) mass is 583 g/mol. The summed E-state index contributed by atoms with van der Waals surface area (Å²) in [7, 11) is 0. The minimum Gasteiger partial charge on any atom is -0.389 e. The number of halogens is 2. The van der Waals surface area contributed by atoms with E-state index in [4.69, 9.17) is 14.7 Å². The fourth-order valence-corrected chi connectivity index (χ4v) is 6.22. The molecule has 2 aliphatic rings. The van der Waals surface area contributed by atoms with Crippen molar-refractivity contribution < 1.29 is 18.6 Å². The van der Waals surface area contributed by atoms with E-state index < -0.39 is 12.0 Å². The zero-order valence-corrected chi connectivity index (χ0v) is 24.8. The minimum absolute atomic E-state index is 0.0844. The van der Waals surface area contributed by atoms with Crippen LogP contribution in [0.5, 0.6) is 0 Å². The van der Waals surface area contributed by atoms with Gasteiger partial charge in [0.2, 0.25) is 5.95 Å². The first-order chi connectivity index (χ1) is 20.1. The maximum atomic E-state index is 14.2. The van der Waals surface area contributed by atoms with Gasteiger partial charge in [0.25, 0.3) is 6.43 Å². The Morgan fingerprint density at radius 1 is 1.17 bits per heavy atom. The van der Waals surface area contributed by atoms with E-state index in [0.29, 0.717) is 73.4 Å². The first kappa shape index (κ1) is 30.3. The zero-order chi connectivity index (χ0) is 29.9. The summed E-state index contributed by atoms with van der Waals surface area (Å²) in [5, 5.41) is 13.8. The van der Waals surface area contributed by atoms with Gasteiger partial charge in [-0.15, -0.1) is 6.58 Å². The summed E-state index contributed by atoms with van der Waals surface area (Å²) in [6.45, 7) is 13.5. The number of aromatic nitrogens is 4. The number of hydrogen-bond acceptors (Lipinski definition) is 8. The largest absolute Gasteiger partial charge is 0.389 e. The van der Waals surface area contributed by atoms with Crippen LogP contribution in [0.4, 0.5) is 20.5 Å². The molecule has 42 heavy (non-hydrogen) atoms. The van der Waals surface area contributed by atoms with Crippen LogP contribution in [0.25, 0.3) is 16.9 Å². The lowest BCUT2D eigenvalue weighted by atomic mass is 9.85. The van der Waals surface area contributed by atoms with Crippen LogP contribution in [0.3, 0.4) is 0 Å². The van der Waals surface area contributed by atoms with Gasteiger partial charge < -0.3 is 20.1 Å². The molecule has 2 N–H and O–H groups in total. The summed E-state index contributed by atoms with van der Waals surface area (Å²) in [4.78, 5) is 18.3. The molecule has 228 valence electrons. The molecule has 0 amide bonds. The summed E-state index contributed by atoms with van der Waals surface area (Å²) < 4.78 is 35.5. The number of anilines is 2. The van der Waals surface area contributed by atoms with Crippen LogP contribution in [-0.4, -0.2) is 86.6 Å². The molecular weight excluding hydrogens is 540 g/mol. The van der Waals surface area contributed by atoms with Gasteiger partial charge in [0.15, 0.2) is 5.82 Å². The average molecular weight is 584 g/mol. The lowest BCUT2D eigenvalue weighted by Crippen LogP contribution is -2.46. The molecule has 5 rings (SSSR count). The molecule has 1 atom stereocenters. The highest BCUT2D eigenvalue weighted by Gasteiger charge is 2.29. The smallest absolute Gasteiger partial charge is 0.296 e. The van der Waals surface area contributed by atoms with Gasteiger partial charge in [-0.05, 0) is 64.5 Å². The van der Waals surface area contributed by atoms with Crippen molar-refractivity contribution in [3.05, 3.63) is 48.8 Å². The fourth-order valence-electron chi connectivity index (χ4n) is 6.22. The van der Waals surface area contributed by atoms with E-state index in [1.165, 1.54) is 4.57 Å². The van der Waals surface area contributed by atoms with Crippen molar-refractivity contribution in [3.63, 3.8) is 0 Å². The molecule has 1 aliphatic heterocycles. The predicted molar refractivity (Wildman–Crippen MR) is 162 cm³/mol. The summed E-state index contributed by atoms with van der Waals surface area (Å²) in [5.74, 6) is 1.54. The molecule has 2 aromatic heterocycles. The quantitative estimate of drug-likeness (QED) is 0.298. The van der Waals surface area contributed by atoms with Crippen molar-refractivity contribution >= 4 is 22.8 Å². The Kier molecular flexibility index (Phi) is 9.39. The molecule has 11 heteroatoms. The Labute approximate surface area is 246 Å². The lowest BCUT2D eigenvalue weighted by molar-refractivity contribution is 0.0163. The summed E-state index contributed by atoms with van der Waals surface area (Å²) in [5.41, 5.74) is 0.311. The molecule has 2 fully saturated rings. The minimum atomic E-state index is -2.76. The van der Waals surface area contributed by atoms with Crippen LogP contribution >= 0.6 is 0 Å². The van der Waals surface area contributed by atoms with Gasteiger partial charge in [-0.3, -0.25) is 9.47 Å². The van der Waals surface area contributed by atoms with E-state index in [1.54, 1.807) is 24.3 Å². The Balaban J connectivity index is 1.37. The third-order valence-corrected chi connectivity index (χ3v) is 8.21. The van der Waals surface area contributed by atoms with E-state index in [1.807, 2.05) is 26.0 Å². The van der Waals surface area contributed by atoms with Crippen LogP contribution in [-0.2, 0) is 4.74 Å². The molecule has 1 aliphatic carbocycles. The zero-order valence-electron chi connectivity index (χ0n) is 24.8. The van der Waals surface area contributed by atoms with E-state index in [2.05, 4.69) is 33.6 Å². The second-order valence-electron chi connectivity index (χ2n) is 12.2. The third kappa shape index (κ3) is 7.07. The first-order valence-corrected chi connectivity index (χ1v) is 14.9. The molecule has 0 unspecified atom stereocenters. The molecule has 3 heterocycles. The van der Waals surface area contributed by atoms with Crippen LogP contribution in [0.1, 0.15) is 58.7 Å². The number of benzene rings is 1. The van der Waals surface area contributed by atoms with E-state index in [0.717, 1.165) is 32.2 Å². The molecule has 0 spiro atoms. The first-order valence-electron chi connectivity index (χ1n) is 14.9. The third-order valence-electron chi connectivity index (χ3n) is 8.21. The number of hydrogen-bond donors (Lipinski definition) is 2. The maximum absolute atomic E-state index is 14.2. The molecule has 9 nitrogen and oxygen atoms in total. The second-order valence-corrected chi connectivity index (χ2v) is 12.2. The normalized spacial score (nSPS) is 21.8. The average Bonchev–Trinajstić information content (AvgIpc) is 3.36. The number of alkyl halides is 2. The van der Waals surface area contributed by atoms with Gasteiger partial charge in [-0.25, -0.2) is 13.8 Å². The molecule has 0 bridgehead atoms. The van der Waals surface area contributed by atoms with Gasteiger partial charge in [-0.1, -0.05) is 18.2 Å². The number of aliphatic hydroxyl groups is 1. The predicted octanol–water partition coefficient (Wildman–Crippen LogP) is 5.21. The van der Waals surface area contributed by atoms with E-state index in [-0.39, 0.29) is 11.9 Å². The van der Waals surface area contributed by atoms with Crippen LogP contribution in [0.15, 0.2) is 43.0 Å². The van der Waals surface area contributed by atoms with E-state index in [9.17, 15) is 13.9 Å². The van der Waals surface area contributed by atoms with Gasteiger partial charge in [0.05, 0.1) is 35.9 Å². The number of ether oxygens (including phenoxy) is 1. The standard InChI is InChI=1S/C31H43F2N7O2/c1-5-14-38(20-31(3,4)41)23-12-10-22(11-13-23)18-34-30-36-26(39-15-16-42-19-21(39)2)17-27(37-30)40-25-9-7-6-8-24(25)35-29(40)28(32)33/h5-9,17,21-23,28,41H,1,10-16,18-20H2,2-4H3,(H,34,36,37)/t21-,22-,23-/m0/s1. The van der Waals surface area contributed by atoms with Crippen molar-refractivity contribution in [1.29, 1.82) is 0 Å². The van der Waals surface area contributed by atoms with Crippen molar-refractivity contribution in [1.82, 2.24) is 24.4 Å². The number of imidazole rings is 1. The topological polar surface area (TPSA) is 91.6 Å². The lowest BCUT2D eigenvalue weighted by Gasteiger charge is -2.39. The van der Waals surface area contributed by atoms with Crippen molar-refractivity contribution in [2.24, 2.45) is 5.92 Å². The number of nitrogens with zero attached hydrogens (tertiary/aromatic N) is 6. The van der Waals surface area contributed by atoms with Crippen LogP contribution in [0, 0.1) is 5.92 Å². The van der Waals surface area contributed by atoms with Crippen LogP contribution < -0.4 is 10.2 Å². The second kappa shape index (κ2) is 13.0.